The molecule has 1 aromatic carbocycles. The van der Waals surface area contributed by atoms with Crippen LogP contribution in [0.2, 0.25) is 0 Å². The number of fused-ring (bicyclic) bond motifs is 1. The van der Waals surface area contributed by atoms with Crippen LogP contribution in [0.4, 0.5) is 5.13 Å². The number of hydrogen-bond donors (Lipinski definition) is 0. The van der Waals surface area contributed by atoms with E-state index < -0.39 is 0 Å². The van der Waals surface area contributed by atoms with E-state index in [9.17, 15) is 9.59 Å². The fourth-order valence-corrected chi connectivity index (χ4v) is 5.06. The zero-order valence-electron chi connectivity index (χ0n) is 17.1. The lowest BCUT2D eigenvalue weighted by atomic mass is 10.0. The summed E-state index contributed by atoms with van der Waals surface area (Å²) < 4.78 is 3.01. The van der Waals surface area contributed by atoms with Gasteiger partial charge in [0.1, 0.15) is 0 Å². The SMILES string of the molecule is Cn1c(-n2cccn2)nc2sc(N3CCC[C@@H]3C(=O)CCc3ccccc3)nc2c1=O. The summed E-state index contributed by atoms with van der Waals surface area (Å²) in [6.45, 7) is 0.758. The first-order chi connectivity index (χ1) is 15.1. The Morgan fingerprint density at radius 1 is 1.19 bits per heavy atom. The third kappa shape index (κ3) is 3.65. The smallest absolute Gasteiger partial charge is 0.282 e. The van der Waals surface area contributed by atoms with Gasteiger partial charge >= 0.3 is 0 Å². The number of ketones is 1. The summed E-state index contributed by atoms with van der Waals surface area (Å²) in [5.74, 6) is 0.660. The maximum absolute atomic E-state index is 13.0. The van der Waals surface area contributed by atoms with Crippen LogP contribution in [0.15, 0.2) is 53.6 Å². The number of rotatable bonds is 6. The lowest BCUT2D eigenvalue weighted by Gasteiger charge is -2.22. The Balaban J connectivity index is 1.42. The van der Waals surface area contributed by atoms with Crippen molar-refractivity contribution in [2.45, 2.75) is 31.7 Å². The largest absolute Gasteiger partial charge is 0.338 e. The second-order valence-corrected chi connectivity index (χ2v) is 8.64. The maximum Gasteiger partial charge on any atom is 0.282 e. The summed E-state index contributed by atoms with van der Waals surface area (Å²) in [6.07, 6.45) is 6.37. The molecular formula is C22H22N6O2S. The highest BCUT2D eigenvalue weighted by atomic mass is 32.1. The van der Waals surface area contributed by atoms with Crippen LogP contribution < -0.4 is 10.5 Å². The lowest BCUT2D eigenvalue weighted by molar-refractivity contribution is -0.120. The average molecular weight is 435 g/mol. The fraction of sp³-hybridized carbons (Fsp3) is 0.318. The number of hydrogen-bond acceptors (Lipinski definition) is 7. The molecular weight excluding hydrogens is 412 g/mol. The van der Waals surface area contributed by atoms with Crippen LogP contribution in [-0.4, -0.2) is 42.7 Å². The number of Topliss-reactive ketones (excluding diaryl/α,β-unsaturated/α-hetero) is 1. The van der Waals surface area contributed by atoms with Gasteiger partial charge in [-0.2, -0.15) is 10.1 Å². The Morgan fingerprint density at radius 2 is 2.03 bits per heavy atom. The first-order valence-corrected chi connectivity index (χ1v) is 11.1. The van der Waals surface area contributed by atoms with Crippen molar-refractivity contribution < 1.29 is 4.79 Å². The van der Waals surface area contributed by atoms with Gasteiger partial charge in [0, 0.05) is 32.4 Å². The highest BCUT2D eigenvalue weighted by Gasteiger charge is 2.32. The standard InChI is InChI=1S/C22H22N6O2S/c1-26-20(30)18-19(25-21(26)28-14-6-12-23-28)31-22(24-18)27-13-5-9-16(27)17(29)11-10-15-7-3-2-4-8-15/h2-4,6-8,12,14,16H,5,9-11,13H2,1H3/t16-/m1/s1. The second-order valence-electron chi connectivity index (χ2n) is 7.68. The molecule has 3 aromatic heterocycles. The number of carbonyl (C=O) groups is 1. The minimum Gasteiger partial charge on any atom is -0.338 e. The van der Waals surface area contributed by atoms with E-state index in [1.54, 1.807) is 30.2 Å². The molecule has 4 aromatic rings. The molecule has 9 heteroatoms. The van der Waals surface area contributed by atoms with Crippen LogP contribution in [-0.2, 0) is 18.3 Å². The summed E-state index contributed by atoms with van der Waals surface area (Å²) in [4.78, 5) is 37.7. The van der Waals surface area contributed by atoms with Crippen LogP contribution in [0.3, 0.4) is 0 Å². The Morgan fingerprint density at radius 3 is 2.81 bits per heavy atom. The van der Waals surface area contributed by atoms with Gasteiger partial charge in [0.15, 0.2) is 21.3 Å². The summed E-state index contributed by atoms with van der Waals surface area (Å²) >= 11 is 1.36. The molecule has 0 radical (unpaired) electrons. The Hall–Kier alpha value is -3.33. The second kappa shape index (κ2) is 8.07. The molecule has 5 rings (SSSR count). The molecule has 0 aliphatic carbocycles. The van der Waals surface area contributed by atoms with E-state index in [0.717, 1.165) is 25.8 Å². The quantitative estimate of drug-likeness (QED) is 0.464. The van der Waals surface area contributed by atoms with Gasteiger partial charge in [0.05, 0.1) is 6.04 Å². The van der Waals surface area contributed by atoms with Gasteiger partial charge < -0.3 is 4.90 Å². The van der Waals surface area contributed by atoms with Gasteiger partial charge in [-0.3, -0.25) is 14.2 Å². The van der Waals surface area contributed by atoms with Gasteiger partial charge in [-0.25, -0.2) is 9.67 Å². The first-order valence-electron chi connectivity index (χ1n) is 10.3. The monoisotopic (exact) mass is 434 g/mol. The average Bonchev–Trinajstić information content (AvgIpc) is 3.55. The van der Waals surface area contributed by atoms with Gasteiger partial charge in [-0.05, 0) is 30.9 Å². The molecule has 31 heavy (non-hydrogen) atoms. The molecule has 0 amide bonds. The number of nitrogens with zero attached hydrogens (tertiary/aromatic N) is 6. The molecule has 4 heterocycles. The van der Waals surface area contributed by atoms with Gasteiger partial charge in [-0.15, -0.1) is 0 Å². The van der Waals surface area contributed by atoms with E-state index in [4.69, 9.17) is 0 Å². The third-order valence-corrected chi connectivity index (χ3v) is 6.68. The van der Waals surface area contributed by atoms with E-state index in [1.807, 2.05) is 35.2 Å². The van der Waals surface area contributed by atoms with Crippen molar-refractivity contribution in [2.75, 3.05) is 11.4 Å². The minimum absolute atomic E-state index is 0.196. The summed E-state index contributed by atoms with van der Waals surface area (Å²) in [6, 6.07) is 11.6. The van der Waals surface area contributed by atoms with Crippen molar-refractivity contribution in [3.05, 3.63) is 64.7 Å². The van der Waals surface area contributed by atoms with Gasteiger partial charge in [0.2, 0.25) is 5.95 Å². The van der Waals surface area contributed by atoms with E-state index in [1.165, 1.54) is 21.5 Å². The molecule has 0 spiro atoms. The van der Waals surface area contributed by atoms with Crippen LogP contribution in [0.5, 0.6) is 0 Å². The molecule has 8 nitrogen and oxygen atoms in total. The molecule has 1 fully saturated rings. The Bertz CT molecular complexity index is 1280. The van der Waals surface area contributed by atoms with E-state index in [0.29, 0.717) is 27.8 Å². The van der Waals surface area contributed by atoms with Crippen molar-refractivity contribution >= 4 is 32.6 Å². The van der Waals surface area contributed by atoms with Crippen molar-refractivity contribution in [1.82, 2.24) is 24.3 Å². The molecule has 1 saturated heterocycles. The summed E-state index contributed by atoms with van der Waals surface area (Å²) in [5, 5.41) is 4.87. The highest BCUT2D eigenvalue weighted by molar-refractivity contribution is 7.21. The van der Waals surface area contributed by atoms with Gasteiger partial charge in [0.25, 0.3) is 5.56 Å². The molecule has 0 saturated carbocycles. The normalized spacial score (nSPS) is 16.3. The van der Waals surface area contributed by atoms with Crippen molar-refractivity contribution in [3.8, 4) is 5.95 Å². The third-order valence-electron chi connectivity index (χ3n) is 5.69. The number of anilines is 1. The van der Waals surface area contributed by atoms with Crippen molar-refractivity contribution in [1.29, 1.82) is 0 Å². The zero-order chi connectivity index (χ0) is 21.4. The minimum atomic E-state index is -0.218. The number of aryl methyl sites for hydroxylation is 1. The summed E-state index contributed by atoms with van der Waals surface area (Å²) in [5.41, 5.74) is 1.28. The first kappa shape index (κ1) is 19.6. The molecule has 0 bridgehead atoms. The molecule has 158 valence electrons. The van der Waals surface area contributed by atoms with Crippen LogP contribution in [0.25, 0.3) is 16.3 Å². The molecule has 1 atom stereocenters. The maximum atomic E-state index is 13.0. The number of aromatic nitrogens is 5. The number of thiazole rings is 1. The number of carbonyl (C=O) groups excluding carboxylic acids is 1. The lowest BCUT2D eigenvalue weighted by Crippen LogP contribution is -2.36. The van der Waals surface area contributed by atoms with Crippen molar-refractivity contribution in [3.63, 3.8) is 0 Å². The predicted molar refractivity (Wildman–Crippen MR) is 120 cm³/mol. The van der Waals surface area contributed by atoms with Crippen LogP contribution in [0, 0.1) is 0 Å². The fourth-order valence-electron chi connectivity index (χ4n) is 4.06. The molecule has 0 N–H and O–H groups in total. The predicted octanol–water partition coefficient (Wildman–Crippen LogP) is 2.75. The van der Waals surface area contributed by atoms with Crippen molar-refractivity contribution in [2.24, 2.45) is 7.05 Å². The zero-order valence-corrected chi connectivity index (χ0v) is 18.0. The van der Waals surface area contributed by atoms with Crippen LogP contribution >= 0.6 is 11.3 Å². The van der Waals surface area contributed by atoms with E-state index in [2.05, 4.69) is 15.1 Å². The van der Waals surface area contributed by atoms with Crippen LogP contribution in [0.1, 0.15) is 24.8 Å². The highest BCUT2D eigenvalue weighted by Crippen LogP contribution is 2.32. The van der Waals surface area contributed by atoms with Gasteiger partial charge in [-0.1, -0.05) is 41.7 Å². The Kier molecular flexibility index (Phi) is 5.11. The Labute approximate surface area is 182 Å². The van der Waals surface area contributed by atoms with E-state index >= 15 is 0 Å². The molecule has 1 aliphatic heterocycles. The van der Waals surface area contributed by atoms with E-state index in [-0.39, 0.29) is 17.4 Å². The number of benzene rings is 1. The summed E-state index contributed by atoms with van der Waals surface area (Å²) in [7, 11) is 1.66. The molecule has 0 unspecified atom stereocenters. The topological polar surface area (TPSA) is 85.9 Å². The molecule has 1 aliphatic rings.